The second-order valence-corrected chi connectivity index (χ2v) is 2.72. The molecule has 2 radical (unpaired) electrons. The molecular formula is C9H7BN2O. The molecule has 4 heteroatoms. The van der Waals surface area contributed by atoms with Crippen molar-refractivity contribution >= 4 is 19.1 Å². The van der Waals surface area contributed by atoms with Crippen LogP contribution < -0.4 is 0 Å². The van der Waals surface area contributed by atoms with Gasteiger partial charge in [-0.3, -0.25) is 4.79 Å². The van der Waals surface area contributed by atoms with Gasteiger partial charge in [-0.1, -0.05) is 6.07 Å². The molecule has 2 aromatic heterocycles. The number of ketones is 1. The van der Waals surface area contributed by atoms with Crippen LogP contribution in [0.25, 0.3) is 5.52 Å². The maximum Gasteiger partial charge on any atom is 0.158 e. The Balaban J connectivity index is 2.64. The van der Waals surface area contributed by atoms with Crippen molar-refractivity contribution in [2.45, 2.75) is 6.32 Å². The van der Waals surface area contributed by atoms with Gasteiger partial charge < -0.3 is 0 Å². The van der Waals surface area contributed by atoms with Crippen molar-refractivity contribution in [3.63, 3.8) is 0 Å². The molecule has 0 saturated heterocycles. The first kappa shape index (κ1) is 8.04. The number of Topliss-reactive ketones (excluding diaryl/α,β-unsaturated/α-hetero) is 1. The molecule has 0 spiro atoms. The average molecular weight is 170 g/mol. The summed E-state index contributed by atoms with van der Waals surface area (Å²) in [4.78, 5) is 11.3. The monoisotopic (exact) mass is 170 g/mol. The first-order chi connectivity index (χ1) is 6.33. The number of carbonyl (C=O) groups is 1. The summed E-state index contributed by atoms with van der Waals surface area (Å²) >= 11 is 0. The highest BCUT2D eigenvalue weighted by Crippen LogP contribution is 2.11. The highest BCUT2D eigenvalue weighted by molar-refractivity contribution is 6.25. The van der Waals surface area contributed by atoms with Gasteiger partial charge in [0.05, 0.1) is 25.1 Å². The highest BCUT2D eigenvalue weighted by Gasteiger charge is 2.08. The van der Waals surface area contributed by atoms with Crippen molar-refractivity contribution in [2.75, 3.05) is 0 Å². The number of pyridine rings is 1. The Hall–Kier alpha value is -1.58. The SMILES string of the molecule is [B]CC(=O)c1cnn2ccccc12. The molecular weight excluding hydrogens is 163 g/mol. The number of hydrogen-bond acceptors (Lipinski definition) is 2. The standard InChI is InChI=1S/C9H7BN2O/c10-5-9(13)7-6-11-12-4-2-1-3-8(7)12/h1-4,6H,5H2. The predicted molar refractivity (Wildman–Crippen MR) is 50.1 cm³/mol. The third kappa shape index (κ3) is 1.24. The molecule has 0 aliphatic rings. The molecule has 0 fully saturated rings. The minimum Gasteiger partial charge on any atom is -0.295 e. The van der Waals surface area contributed by atoms with Crippen molar-refractivity contribution in [1.82, 2.24) is 9.61 Å². The molecule has 0 aliphatic carbocycles. The first-order valence-electron chi connectivity index (χ1n) is 3.98. The summed E-state index contributed by atoms with van der Waals surface area (Å²) in [6, 6.07) is 5.57. The Morgan fingerprint density at radius 2 is 2.38 bits per heavy atom. The lowest BCUT2D eigenvalue weighted by Crippen LogP contribution is -1.96. The molecule has 2 rings (SSSR count). The van der Waals surface area contributed by atoms with Gasteiger partial charge in [0.15, 0.2) is 5.78 Å². The van der Waals surface area contributed by atoms with Gasteiger partial charge in [0.2, 0.25) is 0 Å². The fraction of sp³-hybridized carbons (Fsp3) is 0.111. The first-order valence-corrected chi connectivity index (χ1v) is 3.98. The fourth-order valence-electron chi connectivity index (χ4n) is 1.26. The summed E-state index contributed by atoms with van der Waals surface area (Å²) in [6.45, 7) is 0. The lowest BCUT2D eigenvalue weighted by molar-refractivity contribution is 0.101. The van der Waals surface area contributed by atoms with Crippen molar-refractivity contribution in [3.8, 4) is 0 Å². The zero-order valence-corrected chi connectivity index (χ0v) is 6.97. The topological polar surface area (TPSA) is 34.4 Å². The van der Waals surface area contributed by atoms with E-state index in [0.29, 0.717) is 5.56 Å². The highest BCUT2D eigenvalue weighted by atomic mass is 16.1. The third-order valence-corrected chi connectivity index (χ3v) is 1.91. The molecule has 0 saturated carbocycles. The zero-order chi connectivity index (χ0) is 9.26. The van der Waals surface area contributed by atoms with E-state index in [-0.39, 0.29) is 12.1 Å². The third-order valence-electron chi connectivity index (χ3n) is 1.91. The van der Waals surface area contributed by atoms with Gasteiger partial charge in [0.1, 0.15) is 0 Å². The lowest BCUT2D eigenvalue weighted by atomic mass is 9.97. The second kappa shape index (κ2) is 3.05. The largest absolute Gasteiger partial charge is 0.295 e. The molecule has 2 heterocycles. The van der Waals surface area contributed by atoms with E-state index in [4.69, 9.17) is 7.85 Å². The number of rotatable bonds is 2. The van der Waals surface area contributed by atoms with Gasteiger partial charge in [-0.05, 0) is 18.5 Å². The minimum absolute atomic E-state index is 0.0241. The number of aromatic nitrogens is 2. The minimum atomic E-state index is -0.0822. The van der Waals surface area contributed by atoms with Crippen LogP contribution in [0.2, 0.25) is 6.32 Å². The smallest absolute Gasteiger partial charge is 0.158 e. The summed E-state index contributed by atoms with van der Waals surface area (Å²) in [5, 5.41) is 4.03. The Morgan fingerprint density at radius 1 is 1.54 bits per heavy atom. The van der Waals surface area contributed by atoms with E-state index in [1.165, 1.54) is 0 Å². The summed E-state index contributed by atoms with van der Waals surface area (Å²) < 4.78 is 1.66. The van der Waals surface area contributed by atoms with E-state index in [2.05, 4.69) is 5.10 Å². The molecule has 0 N–H and O–H groups in total. The van der Waals surface area contributed by atoms with E-state index in [0.717, 1.165) is 5.52 Å². The molecule has 2 aromatic rings. The lowest BCUT2D eigenvalue weighted by Gasteiger charge is -1.94. The van der Waals surface area contributed by atoms with E-state index >= 15 is 0 Å². The quantitative estimate of drug-likeness (QED) is 0.499. The van der Waals surface area contributed by atoms with Gasteiger partial charge >= 0.3 is 0 Å². The number of fused-ring (bicyclic) bond motifs is 1. The second-order valence-electron chi connectivity index (χ2n) is 2.72. The van der Waals surface area contributed by atoms with Crippen LogP contribution in [0.3, 0.4) is 0 Å². The summed E-state index contributed by atoms with van der Waals surface area (Å²) in [5.41, 5.74) is 1.39. The Labute approximate surface area is 76.8 Å². The van der Waals surface area contributed by atoms with Crippen LogP contribution in [0, 0.1) is 0 Å². The van der Waals surface area contributed by atoms with E-state index in [9.17, 15) is 4.79 Å². The van der Waals surface area contributed by atoms with Crippen LogP contribution in [0.1, 0.15) is 10.4 Å². The van der Waals surface area contributed by atoms with Crippen molar-refractivity contribution in [3.05, 3.63) is 36.2 Å². The summed E-state index contributed by atoms with van der Waals surface area (Å²) in [6.07, 6.45) is 3.36. The van der Waals surface area contributed by atoms with Crippen LogP contribution >= 0.6 is 0 Å². The fourth-order valence-corrected chi connectivity index (χ4v) is 1.26. The van der Waals surface area contributed by atoms with Gasteiger partial charge in [-0.25, -0.2) is 4.52 Å². The van der Waals surface area contributed by atoms with E-state index < -0.39 is 0 Å². The number of carbonyl (C=O) groups excluding carboxylic acids is 1. The molecule has 0 aliphatic heterocycles. The average Bonchev–Trinajstić information content (AvgIpc) is 2.60. The van der Waals surface area contributed by atoms with Gasteiger partial charge in [-0.2, -0.15) is 5.10 Å². The van der Waals surface area contributed by atoms with Crippen molar-refractivity contribution in [2.24, 2.45) is 0 Å². The van der Waals surface area contributed by atoms with E-state index in [1.807, 2.05) is 18.2 Å². The normalized spacial score (nSPS) is 10.5. The van der Waals surface area contributed by atoms with Crippen LogP contribution in [-0.4, -0.2) is 23.2 Å². The Morgan fingerprint density at radius 3 is 3.15 bits per heavy atom. The summed E-state index contributed by atoms with van der Waals surface area (Å²) in [7, 11) is 5.27. The predicted octanol–water partition coefficient (Wildman–Crippen LogP) is 1.10. The molecule has 13 heavy (non-hydrogen) atoms. The van der Waals surface area contributed by atoms with Crippen molar-refractivity contribution in [1.29, 1.82) is 0 Å². The number of hydrogen-bond donors (Lipinski definition) is 0. The van der Waals surface area contributed by atoms with Crippen molar-refractivity contribution < 1.29 is 4.79 Å². The van der Waals surface area contributed by atoms with Crippen LogP contribution in [0.4, 0.5) is 0 Å². The molecule has 0 amide bonds. The Kier molecular flexibility index (Phi) is 1.89. The van der Waals surface area contributed by atoms with Gasteiger partial charge in [-0.15, -0.1) is 0 Å². The maximum absolute atomic E-state index is 11.3. The molecule has 0 aromatic carbocycles. The van der Waals surface area contributed by atoms with Crippen LogP contribution in [0.15, 0.2) is 30.6 Å². The molecule has 62 valence electrons. The zero-order valence-electron chi connectivity index (χ0n) is 6.97. The molecule has 0 unspecified atom stereocenters. The van der Waals surface area contributed by atoms with Crippen LogP contribution in [0.5, 0.6) is 0 Å². The van der Waals surface area contributed by atoms with Gasteiger partial charge in [0, 0.05) is 6.20 Å². The molecule has 3 nitrogen and oxygen atoms in total. The molecule has 0 atom stereocenters. The Bertz CT molecular complexity index is 450. The molecule has 0 bridgehead atoms. The number of nitrogens with zero attached hydrogens (tertiary/aromatic N) is 2. The summed E-state index contributed by atoms with van der Waals surface area (Å²) in [5.74, 6) is -0.0822. The van der Waals surface area contributed by atoms with Crippen LogP contribution in [-0.2, 0) is 0 Å². The van der Waals surface area contributed by atoms with Gasteiger partial charge in [0.25, 0.3) is 0 Å². The van der Waals surface area contributed by atoms with E-state index in [1.54, 1.807) is 16.9 Å². The maximum atomic E-state index is 11.3.